The predicted octanol–water partition coefficient (Wildman–Crippen LogP) is 4.43. The highest BCUT2D eigenvalue weighted by atomic mass is 32.2. The maximum atomic E-state index is 10.8. The van der Waals surface area contributed by atoms with E-state index in [4.69, 9.17) is 10.5 Å². The van der Waals surface area contributed by atoms with Gasteiger partial charge in [0.05, 0.1) is 10.8 Å². The molecule has 130 valence electrons. The first-order valence-corrected chi connectivity index (χ1v) is 8.58. The van der Waals surface area contributed by atoms with E-state index in [9.17, 15) is 15.4 Å². The van der Waals surface area contributed by atoms with Crippen molar-refractivity contribution in [2.75, 3.05) is 0 Å². The van der Waals surface area contributed by atoms with Crippen molar-refractivity contribution in [3.05, 3.63) is 92.4 Å². The number of benzene rings is 2. The van der Waals surface area contributed by atoms with Crippen LogP contribution in [-0.4, -0.2) is 4.92 Å². The first kappa shape index (κ1) is 17.6. The molecule has 0 radical (unpaired) electrons. The van der Waals surface area contributed by atoms with Gasteiger partial charge in [-0.05, 0) is 24.6 Å². The van der Waals surface area contributed by atoms with Gasteiger partial charge in [-0.25, -0.2) is 0 Å². The van der Waals surface area contributed by atoms with Crippen LogP contribution in [0.25, 0.3) is 0 Å². The van der Waals surface area contributed by atoms with Gasteiger partial charge in [0.2, 0.25) is 5.88 Å². The number of allylic oxidation sites excluding steroid dienone is 3. The summed E-state index contributed by atoms with van der Waals surface area (Å²) in [6, 6.07) is 18.0. The summed E-state index contributed by atoms with van der Waals surface area (Å²) in [5.41, 5.74) is 7.24. The summed E-state index contributed by atoms with van der Waals surface area (Å²) >= 11 is 1.41. The number of hydrogen-bond donors (Lipinski definition) is 1. The van der Waals surface area contributed by atoms with E-state index in [1.807, 2.05) is 30.3 Å². The molecular formula is C19H15N3O3S. The van der Waals surface area contributed by atoms with E-state index in [0.717, 1.165) is 15.4 Å². The molecule has 6 nitrogen and oxygen atoms in total. The second kappa shape index (κ2) is 7.33. The van der Waals surface area contributed by atoms with E-state index >= 15 is 0 Å². The van der Waals surface area contributed by atoms with Crippen LogP contribution in [0, 0.1) is 21.4 Å². The fourth-order valence-electron chi connectivity index (χ4n) is 2.72. The zero-order valence-corrected chi connectivity index (χ0v) is 14.7. The number of nitriles is 1. The zero-order valence-electron chi connectivity index (χ0n) is 13.9. The quantitative estimate of drug-likeness (QED) is 0.635. The molecule has 7 heteroatoms. The van der Waals surface area contributed by atoms with Crippen LogP contribution in [-0.2, 0) is 4.74 Å². The molecule has 0 bridgehead atoms. The van der Waals surface area contributed by atoms with Crippen molar-refractivity contribution in [3.8, 4) is 6.07 Å². The molecular weight excluding hydrogens is 350 g/mol. The topological polar surface area (TPSA) is 102 Å². The molecule has 0 amide bonds. The van der Waals surface area contributed by atoms with E-state index in [-0.39, 0.29) is 17.5 Å². The lowest BCUT2D eigenvalue weighted by Gasteiger charge is -2.27. The third kappa shape index (κ3) is 3.41. The van der Waals surface area contributed by atoms with Crippen LogP contribution >= 0.6 is 11.8 Å². The normalized spacial score (nSPS) is 16.8. The number of nitrogens with zero attached hydrogens (tertiary/aromatic N) is 2. The van der Waals surface area contributed by atoms with Crippen molar-refractivity contribution in [2.45, 2.75) is 17.7 Å². The number of non-ortho nitro benzene ring substituents is 1. The Kier molecular flexibility index (Phi) is 4.96. The van der Waals surface area contributed by atoms with E-state index in [1.165, 1.54) is 23.9 Å². The lowest BCUT2D eigenvalue weighted by Crippen LogP contribution is -2.18. The fraction of sp³-hybridized carbons (Fsp3) is 0.105. The van der Waals surface area contributed by atoms with E-state index in [2.05, 4.69) is 6.07 Å². The Morgan fingerprint density at radius 1 is 1.19 bits per heavy atom. The van der Waals surface area contributed by atoms with Gasteiger partial charge in [0.15, 0.2) is 0 Å². The van der Waals surface area contributed by atoms with Gasteiger partial charge in [0.1, 0.15) is 17.4 Å². The predicted molar refractivity (Wildman–Crippen MR) is 98.7 cm³/mol. The van der Waals surface area contributed by atoms with Gasteiger partial charge >= 0.3 is 0 Å². The first-order chi connectivity index (χ1) is 12.5. The van der Waals surface area contributed by atoms with Crippen molar-refractivity contribution in [1.29, 1.82) is 5.26 Å². The Labute approximate surface area is 154 Å². The molecule has 3 rings (SSSR count). The lowest BCUT2D eigenvalue weighted by atomic mass is 9.90. The van der Waals surface area contributed by atoms with Crippen molar-refractivity contribution in [2.24, 2.45) is 5.73 Å². The minimum absolute atomic E-state index is 0.0291. The summed E-state index contributed by atoms with van der Waals surface area (Å²) in [6.45, 7) is 1.80. The molecule has 1 aliphatic rings. The Morgan fingerprint density at radius 2 is 1.85 bits per heavy atom. The molecule has 0 saturated heterocycles. The molecule has 0 aliphatic carbocycles. The third-order valence-electron chi connectivity index (χ3n) is 3.96. The standard InChI is InChI=1S/C19H15N3O3S/c1-12-18(26-15-9-7-14(8-10-15)22(23)24)17(13-5-3-2-4-6-13)16(11-20)19(21)25-12/h2-10,17H,21H2,1H3. The van der Waals surface area contributed by atoms with E-state index in [0.29, 0.717) is 11.3 Å². The number of thioether (sulfide) groups is 1. The average molecular weight is 365 g/mol. The van der Waals surface area contributed by atoms with Crippen LogP contribution in [0.4, 0.5) is 5.69 Å². The molecule has 0 fully saturated rings. The Balaban J connectivity index is 2.01. The van der Waals surface area contributed by atoms with Gasteiger partial charge in [0, 0.05) is 21.9 Å². The number of nitro groups is 1. The molecule has 2 N–H and O–H groups in total. The monoisotopic (exact) mass is 365 g/mol. The van der Waals surface area contributed by atoms with Crippen LogP contribution in [0.1, 0.15) is 18.4 Å². The largest absolute Gasteiger partial charge is 0.444 e. The number of hydrogen-bond acceptors (Lipinski definition) is 6. The van der Waals surface area contributed by atoms with E-state index < -0.39 is 4.92 Å². The summed E-state index contributed by atoms with van der Waals surface area (Å²) < 4.78 is 5.57. The van der Waals surface area contributed by atoms with Gasteiger partial charge in [-0.2, -0.15) is 5.26 Å². The van der Waals surface area contributed by atoms with Crippen LogP contribution in [0.3, 0.4) is 0 Å². The Hall–Kier alpha value is -3.24. The number of ether oxygens (including phenoxy) is 1. The average Bonchev–Trinajstić information content (AvgIpc) is 2.64. The van der Waals surface area contributed by atoms with Crippen LogP contribution in [0.5, 0.6) is 0 Å². The first-order valence-electron chi connectivity index (χ1n) is 7.77. The van der Waals surface area contributed by atoms with Crippen molar-refractivity contribution >= 4 is 17.4 Å². The van der Waals surface area contributed by atoms with Crippen LogP contribution < -0.4 is 5.73 Å². The maximum absolute atomic E-state index is 10.8. The molecule has 26 heavy (non-hydrogen) atoms. The number of nitrogens with two attached hydrogens (primary N) is 1. The van der Waals surface area contributed by atoms with Crippen LogP contribution in [0.2, 0.25) is 0 Å². The van der Waals surface area contributed by atoms with Gasteiger partial charge in [-0.1, -0.05) is 42.1 Å². The van der Waals surface area contributed by atoms with Gasteiger partial charge < -0.3 is 10.5 Å². The summed E-state index contributed by atoms with van der Waals surface area (Å²) in [6.07, 6.45) is 0. The fourth-order valence-corrected chi connectivity index (χ4v) is 3.81. The third-order valence-corrected chi connectivity index (χ3v) is 5.21. The molecule has 2 aromatic carbocycles. The molecule has 0 saturated carbocycles. The maximum Gasteiger partial charge on any atom is 0.269 e. The highest BCUT2D eigenvalue weighted by Crippen LogP contribution is 2.46. The molecule has 0 spiro atoms. The second-order valence-electron chi connectivity index (χ2n) is 5.61. The zero-order chi connectivity index (χ0) is 18.7. The minimum atomic E-state index is -0.438. The second-order valence-corrected chi connectivity index (χ2v) is 6.72. The van der Waals surface area contributed by atoms with Gasteiger partial charge in [-0.3, -0.25) is 10.1 Å². The van der Waals surface area contributed by atoms with Gasteiger partial charge in [-0.15, -0.1) is 0 Å². The summed E-state index contributed by atoms with van der Waals surface area (Å²) in [4.78, 5) is 12.0. The van der Waals surface area contributed by atoms with Crippen molar-refractivity contribution < 1.29 is 9.66 Å². The highest BCUT2D eigenvalue weighted by molar-refractivity contribution is 8.03. The SMILES string of the molecule is CC1=C(Sc2ccc([N+](=O)[O-])cc2)C(c2ccccc2)C(C#N)=C(N)O1. The summed E-state index contributed by atoms with van der Waals surface area (Å²) in [5, 5.41) is 20.4. The van der Waals surface area contributed by atoms with Crippen molar-refractivity contribution in [3.63, 3.8) is 0 Å². The van der Waals surface area contributed by atoms with Crippen LogP contribution in [0.15, 0.2) is 81.6 Å². The Morgan fingerprint density at radius 3 is 2.42 bits per heavy atom. The molecule has 1 aliphatic heterocycles. The molecule has 0 aromatic heterocycles. The van der Waals surface area contributed by atoms with Crippen molar-refractivity contribution in [1.82, 2.24) is 0 Å². The van der Waals surface area contributed by atoms with Gasteiger partial charge in [0.25, 0.3) is 5.69 Å². The van der Waals surface area contributed by atoms with E-state index in [1.54, 1.807) is 19.1 Å². The minimum Gasteiger partial charge on any atom is -0.444 e. The summed E-state index contributed by atoms with van der Waals surface area (Å²) in [7, 11) is 0. The summed E-state index contributed by atoms with van der Waals surface area (Å²) in [5.74, 6) is 0.376. The molecule has 1 unspecified atom stereocenters. The molecule has 1 atom stereocenters. The molecule has 2 aromatic rings. The number of nitro benzene ring substituents is 1. The smallest absolute Gasteiger partial charge is 0.269 e. The molecule has 1 heterocycles. The Bertz CT molecular complexity index is 944. The number of rotatable bonds is 4. The lowest BCUT2D eigenvalue weighted by molar-refractivity contribution is -0.384. The highest BCUT2D eigenvalue weighted by Gasteiger charge is 2.32.